The maximum absolute atomic E-state index is 12.4. The molecule has 9 nitrogen and oxygen atoms in total. The van der Waals surface area contributed by atoms with Crippen LogP contribution in [0.5, 0.6) is 0 Å². The van der Waals surface area contributed by atoms with Gasteiger partial charge in [0.05, 0.1) is 12.8 Å². The second-order valence-electron chi connectivity index (χ2n) is 10.3. The summed E-state index contributed by atoms with van der Waals surface area (Å²) < 4.78 is 10.3. The van der Waals surface area contributed by atoms with E-state index < -0.39 is 11.5 Å². The first-order chi connectivity index (χ1) is 15.6. The fraction of sp³-hybridized carbons (Fsp3) is 0.750. The number of esters is 1. The van der Waals surface area contributed by atoms with Crippen molar-refractivity contribution in [3.63, 3.8) is 0 Å². The third kappa shape index (κ3) is 6.71. The van der Waals surface area contributed by atoms with Gasteiger partial charge in [-0.3, -0.25) is 9.59 Å². The minimum Gasteiger partial charge on any atom is -0.469 e. The summed E-state index contributed by atoms with van der Waals surface area (Å²) >= 11 is 0. The van der Waals surface area contributed by atoms with Gasteiger partial charge in [0.1, 0.15) is 5.60 Å². The van der Waals surface area contributed by atoms with Crippen LogP contribution in [0, 0.1) is 5.92 Å². The van der Waals surface area contributed by atoms with Crippen molar-refractivity contribution in [2.24, 2.45) is 11.7 Å². The molecule has 0 unspecified atom stereocenters. The summed E-state index contributed by atoms with van der Waals surface area (Å²) in [5, 5.41) is 0. The van der Waals surface area contributed by atoms with Crippen LogP contribution < -0.4 is 5.73 Å². The van der Waals surface area contributed by atoms with Crippen molar-refractivity contribution >= 4 is 18.0 Å². The average molecular weight is 463 g/mol. The zero-order chi connectivity index (χ0) is 24.2. The zero-order valence-electron chi connectivity index (χ0n) is 20.3. The lowest BCUT2D eigenvalue weighted by Gasteiger charge is -2.34. The number of aromatic nitrogens is 2. The normalized spacial score (nSPS) is 22.1. The Kier molecular flexibility index (Phi) is 8.02. The highest BCUT2D eigenvalue weighted by atomic mass is 16.6. The number of ether oxygens (including phenoxy) is 2. The summed E-state index contributed by atoms with van der Waals surface area (Å²) in [4.78, 5) is 45.3. The molecule has 2 heterocycles. The van der Waals surface area contributed by atoms with E-state index in [2.05, 4.69) is 9.97 Å². The molecule has 1 aliphatic heterocycles. The molecule has 3 rings (SSSR count). The number of hydrogen-bond acceptors (Lipinski definition) is 6. The van der Waals surface area contributed by atoms with Crippen molar-refractivity contribution < 1.29 is 23.9 Å². The second kappa shape index (κ2) is 10.6. The van der Waals surface area contributed by atoms with Gasteiger partial charge in [0.2, 0.25) is 0 Å². The van der Waals surface area contributed by atoms with Gasteiger partial charge < -0.3 is 25.1 Å². The Balaban J connectivity index is 1.64. The summed E-state index contributed by atoms with van der Waals surface area (Å²) in [5.41, 5.74) is 6.96. The number of carbonyl (C=O) groups is 3. The minimum absolute atomic E-state index is 0.157. The van der Waals surface area contributed by atoms with Gasteiger partial charge in [-0.2, -0.15) is 0 Å². The molecule has 2 amide bonds. The molecule has 2 fully saturated rings. The predicted octanol–water partition coefficient (Wildman–Crippen LogP) is 3.85. The van der Waals surface area contributed by atoms with Gasteiger partial charge in [-0.25, -0.2) is 9.78 Å². The minimum atomic E-state index is -0.555. The molecule has 1 saturated carbocycles. The number of aromatic amines is 1. The summed E-state index contributed by atoms with van der Waals surface area (Å²) in [7, 11) is 1.42. The summed E-state index contributed by atoms with van der Waals surface area (Å²) in [6.07, 6.45) is 6.58. The Morgan fingerprint density at radius 2 is 1.70 bits per heavy atom. The number of nitrogens with one attached hydrogen (secondary N) is 1. The number of hydrogen-bond donors (Lipinski definition) is 2. The molecule has 0 aromatic carbocycles. The zero-order valence-corrected chi connectivity index (χ0v) is 20.3. The fourth-order valence-electron chi connectivity index (χ4n) is 4.97. The molecular formula is C24H38N4O5. The maximum atomic E-state index is 12.4. The van der Waals surface area contributed by atoms with Gasteiger partial charge in [-0.15, -0.1) is 0 Å². The molecule has 0 spiro atoms. The van der Waals surface area contributed by atoms with Crippen molar-refractivity contribution in [3.05, 3.63) is 17.2 Å². The van der Waals surface area contributed by atoms with Crippen molar-refractivity contribution in [2.45, 2.75) is 89.6 Å². The van der Waals surface area contributed by atoms with E-state index in [1.54, 1.807) is 4.90 Å². The largest absolute Gasteiger partial charge is 0.469 e. The standard InChI is InChI=1S/C24H38N4O5/c1-24(2,3)33-23(31)28-13-11-17(12-14-28)20-19(26-22(27-20)21(25)30)16-8-5-15(6-9-16)7-10-18(29)32-4/h15-17H,5-14H2,1-4H3,(H2,25,30)(H,26,27)/t15-,16-. The summed E-state index contributed by atoms with van der Waals surface area (Å²) in [6, 6.07) is 0. The van der Waals surface area contributed by atoms with Crippen LogP contribution in [-0.4, -0.2) is 58.6 Å². The number of primary amides is 1. The first-order valence-electron chi connectivity index (χ1n) is 12.0. The monoisotopic (exact) mass is 462 g/mol. The van der Waals surface area contributed by atoms with Gasteiger partial charge in [-0.1, -0.05) is 0 Å². The third-order valence-corrected chi connectivity index (χ3v) is 6.77. The smallest absolute Gasteiger partial charge is 0.410 e. The molecule has 184 valence electrons. The Morgan fingerprint density at radius 3 is 2.24 bits per heavy atom. The van der Waals surface area contributed by atoms with Crippen LogP contribution in [0.2, 0.25) is 0 Å². The number of carbonyl (C=O) groups excluding carboxylic acids is 3. The SMILES string of the molecule is COC(=O)CC[C@H]1CC[C@H](c2nc(C(N)=O)[nH]c2C2CCN(C(=O)OC(C)(C)C)CC2)CC1. The molecule has 1 aromatic heterocycles. The van der Waals surface area contributed by atoms with Crippen molar-refractivity contribution in [1.29, 1.82) is 0 Å². The summed E-state index contributed by atoms with van der Waals surface area (Å²) in [6.45, 7) is 6.80. The van der Waals surface area contributed by atoms with E-state index in [1.165, 1.54) is 7.11 Å². The molecular weight excluding hydrogens is 424 g/mol. The number of nitrogens with zero attached hydrogens (tertiary/aromatic N) is 2. The topological polar surface area (TPSA) is 128 Å². The maximum Gasteiger partial charge on any atom is 0.410 e. The molecule has 0 bridgehead atoms. The van der Waals surface area contributed by atoms with Crippen molar-refractivity contribution in [3.8, 4) is 0 Å². The predicted molar refractivity (Wildman–Crippen MR) is 123 cm³/mol. The molecule has 0 radical (unpaired) electrons. The number of rotatable bonds is 6. The lowest BCUT2D eigenvalue weighted by molar-refractivity contribution is -0.141. The molecule has 3 N–H and O–H groups in total. The Morgan fingerprint density at radius 1 is 1.06 bits per heavy atom. The Labute approximate surface area is 195 Å². The first kappa shape index (κ1) is 25.1. The van der Waals surface area contributed by atoms with Gasteiger partial charge in [-0.05, 0) is 71.6 Å². The van der Waals surface area contributed by atoms with E-state index in [4.69, 9.17) is 15.2 Å². The van der Waals surface area contributed by atoms with Crippen LogP contribution in [0.25, 0.3) is 0 Å². The van der Waals surface area contributed by atoms with Crippen LogP contribution >= 0.6 is 0 Å². The molecule has 0 atom stereocenters. The summed E-state index contributed by atoms with van der Waals surface area (Å²) in [5.74, 6) is 0.466. The fourth-order valence-corrected chi connectivity index (χ4v) is 4.97. The number of amides is 2. The highest BCUT2D eigenvalue weighted by Gasteiger charge is 2.33. The Hall–Kier alpha value is -2.58. The van der Waals surface area contributed by atoms with E-state index in [0.29, 0.717) is 25.4 Å². The number of nitrogens with two attached hydrogens (primary N) is 1. The number of H-pyrrole nitrogens is 1. The van der Waals surface area contributed by atoms with Crippen molar-refractivity contribution in [1.82, 2.24) is 14.9 Å². The molecule has 1 saturated heterocycles. The first-order valence-corrected chi connectivity index (χ1v) is 12.0. The van der Waals surface area contributed by atoms with Gasteiger partial charge in [0.15, 0.2) is 5.82 Å². The highest BCUT2D eigenvalue weighted by Crippen LogP contribution is 2.41. The van der Waals surface area contributed by atoms with Crippen LogP contribution in [0.4, 0.5) is 4.79 Å². The Bertz CT molecular complexity index is 844. The number of piperidine rings is 1. The average Bonchev–Trinajstić information content (AvgIpc) is 3.22. The van der Waals surface area contributed by atoms with E-state index >= 15 is 0 Å². The molecule has 1 aromatic rings. The second-order valence-corrected chi connectivity index (χ2v) is 10.3. The van der Waals surface area contributed by atoms with Crippen molar-refractivity contribution in [2.75, 3.05) is 20.2 Å². The molecule has 2 aliphatic rings. The lowest BCUT2D eigenvalue weighted by Crippen LogP contribution is -2.41. The van der Waals surface area contributed by atoms with E-state index in [1.807, 2.05) is 20.8 Å². The van der Waals surface area contributed by atoms with Gasteiger partial charge >= 0.3 is 12.1 Å². The molecule has 33 heavy (non-hydrogen) atoms. The highest BCUT2D eigenvalue weighted by molar-refractivity contribution is 5.89. The lowest BCUT2D eigenvalue weighted by atomic mass is 9.77. The molecule has 1 aliphatic carbocycles. The van der Waals surface area contributed by atoms with Crippen LogP contribution in [0.15, 0.2) is 0 Å². The van der Waals surface area contributed by atoms with E-state index in [9.17, 15) is 14.4 Å². The number of likely N-dealkylation sites (tertiary alicyclic amines) is 1. The van der Waals surface area contributed by atoms with Gasteiger partial charge in [0, 0.05) is 37.0 Å². The number of methoxy groups -OCH3 is 1. The van der Waals surface area contributed by atoms with Crippen LogP contribution in [0.3, 0.4) is 0 Å². The van der Waals surface area contributed by atoms with Crippen LogP contribution in [0.1, 0.15) is 106 Å². The number of imidazole rings is 1. The molecule has 9 heteroatoms. The van der Waals surface area contributed by atoms with E-state index in [-0.39, 0.29) is 29.7 Å². The third-order valence-electron chi connectivity index (χ3n) is 6.77. The van der Waals surface area contributed by atoms with E-state index in [0.717, 1.165) is 56.3 Å². The van der Waals surface area contributed by atoms with Gasteiger partial charge in [0.25, 0.3) is 5.91 Å². The quantitative estimate of drug-likeness (QED) is 0.618. The van der Waals surface area contributed by atoms with Crippen LogP contribution in [-0.2, 0) is 14.3 Å².